The van der Waals surface area contributed by atoms with E-state index in [0.717, 1.165) is 12.1 Å². The normalized spacial score (nSPS) is 16.8. The zero-order valence-electron chi connectivity index (χ0n) is 8.16. The minimum Gasteiger partial charge on any atom is -0.269 e. The Kier molecular flexibility index (Phi) is 2.31. The minimum absolute atomic E-state index is 0.0828. The van der Waals surface area contributed by atoms with E-state index in [2.05, 4.69) is 5.43 Å². The van der Waals surface area contributed by atoms with Crippen LogP contribution in [0, 0.1) is 0 Å². The zero-order valence-corrected chi connectivity index (χ0v) is 8.16. The fourth-order valence-electron chi connectivity index (χ4n) is 1.54. The number of nitrogens with zero attached hydrogens (tertiary/aromatic N) is 1. The summed E-state index contributed by atoms with van der Waals surface area (Å²) in [5.74, 6) is 0.0828. The highest BCUT2D eigenvalue weighted by atomic mass is 16.2. The first-order valence-electron chi connectivity index (χ1n) is 4.74. The van der Waals surface area contributed by atoms with Gasteiger partial charge in [0.15, 0.2) is 5.71 Å². The van der Waals surface area contributed by atoms with E-state index in [1.54, 1.807) is 0 Å². The number of rotatable bonds is 1. The van der Waals surface area contributed by atoms with Crippen molar-refractivity contribution in [3.63, 3.8) is 0 Å². The van der Waals surface area contributed by atoms with Gasteiger partial charge in [0, 0.05) is 31.9 Å². The quantitative estimate of drug-likeness (QED) is 0.669. The second-order valence-electron chi connectivity index (χ2n) is 3.44. The number of hydrazone groups is 1. The van der Waals surface area contributed by atoms with E-state index in [4.69, 9.17) is 0 Å². The predicted octanol–water partition coefficient (Wildman–Crippen LogP) is 1.62. The Morgan fingerprint density at radius 2 is 1.93 bits per heavy atom. The number of para-hydroxylation sites is 1. The van der Waals surface area contributed by atoms with Gasteiger partial charge in [-0.3, -0.25) is 4.79 Å². The molecule has 0 bridgehead atoms. The van der Waals surface area contributed by atoms with Crippen LogP contribution in [-0.4, -0.2) is 16.3 Å². The van der Waals surface area contributed by atoms with Crippen molar-refractivity contribution in [3.05, 3.63) is 30.3 Å². The van der Waals surface area contributed by atoms with Gasteiger partial charge in [0.1, 0.15) is 0 Å². The molecule has 3 nitrogen and oxygen atoms in total. The van der Waals surface area contributed by atoms with Gasteiger partial charge < -0.3 is 0 Å². The van der Waals surface area contributed by atoms with Crippen LogP contribution >= 0.6 is 0 Å². The van der Waals surface area contributed by atoms with Crippen molar-refractivity contribution in [3.8, 4) is 0 Å². The predicted molar refractivity (Wildman–Crippen MR) is 54.4 cm³/mol. The minimum atomic E-state index is 0.0828. The second-order valence-corrected chi connectivity index (χ2v) is 3.44. The van der Waals surface area contributed by atoms with Crippen molar-refractivity contribution < 1.29 is 9.48 Å². The van der Waals surface area contributed by atoms with Crippen LogP contribution in [0.2, 0.25) is 0 Å². The highest BCUT2D eigenvalue weighted by molar-refractivity contribution is 5.87. The van der Waals surface area contributed by atoms with E-state index in [1.807, 2.05) is 41.9 Å². The number of benzene rings is 1. The lowest BCUT2D eigenvalue weighted by molar-refractivity contribution is -0.497. The lowest BCUT2D eigenvalue weighted by atomic mass is 10.2. The third-order valence-electron chi connectivity index (χ3n) is 2.35. The largest absolute Gasteiger partial charge is 0.275 e. The van der Waals surface area contributed by atoms with Crippen LogP contribution in [0.3, 0.4) is 0 Å². The first kappa shape index (κ1) is 8.94. The summed E-state index contributed by atoms with van der Waals surface area (Å²) < 4.78 is 1.85. The van der Waals surface area contributed by atoms with Crippen molar-refractivity contribution >= 4 is 17.3 Å². The van der Waals surface area contributed by atoms with Crippen LogP contribution in [0.4, 0.5) is 5.69 Å². The van der Waals surface area contributed by atoms with E-state index in [1.165, 1.54) is 5.71 Å². The van der Waals surface area contributed by atoms with Gasteiger partial charge in [0.05, 0.1) is 0 Å². The molecule has 0 saturated heterocycles. The third kappa shape index (κ3) is 1.66. The molecule has 1 aromatic carbocycles. The van der Waals surface area contributed by atoms with Crippen LogP contribution in [0.25, 0.3) is 0 Å². The molecule has 0 aromatic heterocycles. The number of nitrogens with one attached hydrogen (secondary N) is 1. The molecular formula is C11H13N2O+. The first-order chi connectivity index (χ1) is 6.77. The Morgan fingerprint density at radius 3 is 2.64 bits per heavy atom. The Labute approximate surface area is 83.0 Å². The molecule has 1 N–H and O–H groups in total. The number of amides is 1. The summed E-state index contributed by atoms with van der Waals surface area (Å²) in [6.45, 7) is 2.03. The van der Waals surface area contributed by atoms with Gasteiger partial charge in [0.2, 0.25) is 5.69 Å². The Hall–Kier alpha value is -1.64. The molecule has 0 aliphatic carbocycles. The summed E-state index contributed by atoms with van der Waals surface area (Å²) in [6, 6.07) is 9.85. The van der Waals surface area contributed by atoms with Gasteiger partial charge >= 0.3 is 0 Å². The Bertz CT molecular complexity index is 382. The van der Waals surface area contributed by atoms with Crippen LogP contribution in [-0.2, 0) is 4.79 Å². The van der Waals surface area contributed by atoms with E-state index in [9.17, 15) is 4.79 Å². The summed E-state index contributed by atoms with van der Waals surface area (Å²) in [6.07, 6.45) is 1.43. The standard InChI is InChI=1S/C11H12N2O/c1-9-7-8-11(14)12-13(9)10-5-3-2-4-6-10/h2-6H,7-8H2,1H3/p+1. The van der Waals surface area contributed by atoms with E-state index >= 15 is 0 Å². The Balaban J connectivity index is 2.38. The smallest absolute Gasteiger partial charge is 0.269 e. The molecule has 3 heteroatoms. The summed E-state index contributed by atoms with van der Waals surface area (Å²) in [7, 11) is 0. The molecule has 1 aliphatic rings. The summed E-state index contributed by atoms with van der Waals surface area (Å²) >= 11 is 0. The molecule has 0 atom stereocenters. The van der Waals surface area contributed by atoms with Crippen molar-refractivity contribution in [1.82, 2.24) is 5.43 Å². The van der Waals surface area contributed by atoms with Crippen molar-refractivity contribution in [2.45, 2.75) is 19.8 Å². The van der Waals surface area contributed by atoms with Crippen molar-refractivity contribution in [2.24, 2.45) is 0 Å². The van der Waals surface area contributed by atoms with Gasteiger partial charge in [0.25, 0.3) is 5.91 Å². The second kappa shape index (κ2) is 3.62. The highest BCUT2D eigenvalue weighted by Crippen LogP contribution is 2.12. The molecule has 2 rings (SSSR count). The Morgan fingerprint density at radius 1 is 1.21 bits per heavy atom. The summed E-state index contributed by atoms with van der Waals surface area (Å²) in [5.41, 5.74) is 5.03. The van der Waals surface area contributed by atoms with Crippen LogP contribution in [0.15, 0.2) is 30.3 Å². The van der Waals surface area contributed by atoms with Crippen LogP contribution < -0.4 is 5.43 Å². The van der Waals surface area contributed by atoms with E-state index in [0.29, 0.717) is 6.42 Å². The molecule has 0 spiro atoms. The number of hydrogen-bond donors (Lipinski definition) is 1. The fraction of sp³-hybridized carbons (Fsp3) is 0.273. The molecule has 1 aliphatic heterocycles. The molecule has 14 heavy (non-hydrogen) atoms. The number of hydrogen-bond acceptors (Lipinski definition) is 1. The molecule has 1 aromatic rings. The van der Waals surface area contributed by atoms with Gasteiger partial charge in [-0.15, -0.1) is 5.43 Å². The lowest BCUT2D eigenvalue weighted by Crippen LogP contribution is -2.39. The summed E-state index contributed by atoms with van der Waals surface area (Å²) in [5, 5.41) is 0. The van der Waals surface area contributed by atoms with E-state index < -0.39 is 0 Å². The maximum Gasteiger partial charge on any atom is 0.275 e. The molecule has 72 valence electrons. The molecule has 1 amide bonds. The summed E-state index contributed by atoms with van der Waals surface area (Å²) in [4.78, 5) is 11.2. The average molecular weight is 189 g/mol. The SMILES string of the molecule is CC1=[N+](c2ccccc2)NC(=O)CC1. The molecule has 0 radical (unpaired) electrons. The number of carbonyl (C=O) groups excluding carboxylic acids is 1. The van der Waals surface area contributed by atoms with Gasteiger partial charge in [-0.1, -0.05) is 22.9 Å². The number of carbonyl (C=O) groups is 1. The average Bonchev–Trinajstić information content (AvgIpc) is 2.23. The molecule has 0 saturated carbocycles. The lowest BCUT2D eigenvalue weighted by Gasteiger charge is -2.11. The molecular weight excluding hydrogens is 176 g/mol. The van der Waals surface area contributed by atoms with Crippen molar-refractivity contribution in [2.75, 3.05) is 0 Å². The first-order valence-corrected chi connectivity index (χ1v) is 4.74. The highest BCUT2D eigenvalue weighted by Gasteiger charge is 2.23. The van der Waals surface area contributed by atoms with Gasteiger partial charge in [-0.05, 0) is 0 Å². The van der Waals surface area contributed by atoms with Crippen LogP contribution in [0.5, 0.6) is 0 Å². The molecule has 0 unspecified atom stereocenters. The van der Waals surface area contributed by atoms with Gasteiger partial charge in [-0.25, -0.2) is 0 Å². The third-order valence-corrected chi connectivity index (χ3v) is 2.35. The monoisotopic (exact) mass is 189 g/mol. The van der Waals surface area contributed by atoms with Crippen LogP contribution in [0.1, 0.15) is 19.8 Å². The maximum absolute atomic E-state index is 11.2. The van der Waals surface area contributed by atoms with Crippen molar-refractivity contribution in [1.29, 1.82) is 0 Å². The number of hydrazine groups is 1. The van der Waals surface area contributed by atoms with E-state index in [-0.39, 0.29) is 5.91 Å². The molecule has 0 fully saturated rings. The van der Waals surface area contributed by atoms with Gasteiger partial charge in [-0.2, -0.15) is 0 Å². The molecule has 1 heterocycles. The topological polar surface area (TPSA) is 32.1 Å². The fourth-order valence-corrected chi connectivity index (χ4v) is 1.54. The zero-order chi connectivity index (χ0) is 9.97. The maximum atomic E-state index is 11.2.